The largest absolute Gasteiger partial charge is 0.480 e. The van der Waals surface area contributed by atoms with E-state index in [2.05, 4.69) is 10.5 Å². The van der Waals surface area contributed by atoms with Gasteiger partial charge in [0, 0.05) is 36.5 Å². The van der Waals surface area contributed by atoms with Gasteiger partial charge in [0.05, 0.1) is 11.2 Å². The molecule has 0 bridgehead atoms. The van der Waals surface area contributed by atoms with Crippen LogP contribution in [0, 0.1) is 0 Å². The lowest BCUT2D eigenvalue weighted by molar-refractivity contribution is 0.0955. The fourth-order valence-corrected chi connectivity index (χ4v) is 3.65. The van der Waals surface area contributed by atoms with Gasteiger partial charge in [0.15, 0.2) is 6.10 Å². The van der Waals surface area contributed by atoms with Crippen LogP contribution >= 0.6 is 11.6 Å². The molecular weight excluding hydrogens is 410 g/mol. The van der Waals surface area contributed by atoms with Crippen LogP contribution in [-0.4, -0.2) is 26.2 Å². The highest BCUT2D eigenvalue weighted by molar-refractivity contribution is 6.51. The molecule has 0 fully saturated rings. The Kier molecular flexibility index (Phi) is 6.05. The number of nitrogens with zero attached hydrogens (tertiary/aromatic N) is 2. The Morgan fingerprint density at radius 2 is 1.68 bits per heavy atom. The second kappa shape index (κ2) is 9.06. The first-order chi connectivity index (χ1) is 15.0. The van der Waals surface area contributed by atoms with Gasteiger partial charge in [-0.15, -0.1) is 0 Å². The van der Waals surface area contributed by atoms with Crippen LogP contribution in [0.5, 0.6) is 5.75 Å². The van der Waals surface area contributed by atoms with E-state index in [-0.39, 0.29) is 5.91 Å². The zero-order valence-electron chi connectivity index (χ0n) is 17.2. The van der Waals surface area contributed by atoms with Gasteiger partial charge in [-0.25, -0.2) is 5.43 Å². The van der Waals surface area contributed by atoms with Crippen molar-refractivity contribution < 1.29 is 9.53 Å². The van der Waals surface area contributed by atoms with Gasteiger partial charge in [0.1, 0.15) is 5.75 Å². The summed E-state index contributed by atoms with van der Waals surface area (Å²) in [4.78, 5) is 14.5. The first-order valence-corrected chi connectivity index (χ1v) is 10.2. The third kappa shape index (κ3) is 4.47. The van der Waals surface area contributed by atoms with Crippen LogP contribution in [-0.2, 0) is 0 Å². The molecule has 1 aliphatic heterocycles. The summed E-state index contributed by atoms with van der Waals surface area (Å²) in [7, 11) is 3.90. The summed E-state index contributed by atoms with van der Waals surface area (Å²) < 4.78 is 6.23. The van der Waals surface area contributed by atoms with Crippen LogP contribution in [0.2, 0.25) is 0 Å². The van der Waals surface area contributed by atoms with Gasteiger partial charge in [-0.3, -0.25) is 4.79 Å². The molecule has 6 heteroatoms. The van der Waals surface area contributed by atoms with E-state index in [9.17, 15) is 4.79 Å². The van der Waals surface area contributed by atoms with Gasteiger partial charge in [-0.05, 0) is 42.0 Å². The Morgan fingerprint density at radius 1 is 1.00 bits per heavy atom. The summed E-state index contributed by atoms with van der Waals surface area (Å²) in [6.07, 6.45) is 1.13. The lowest BCUT2D eigenvalue weighted by Crippen LogP contribution is -2.21. The SMILES string of the molecule is CN(C)c1ccc(C(=O)N/N=C/C2=C(Cl)c3ccccc3O[C@H]2c2ccccc2)cc1. The zero-order chi connectivity index (χ0) is 21.8. The molecule has 0 saturated carbocycles. The third-order valence-electron chi connectivity index (χ3n) is 5.02. The van der Waals surface area contributed by atoms with E-state index >= 15 is 0 Å². The number of benzene rings is 3. The number of hydrogen-bond acceptors (Lipinski definition) is 4. The average Bonchev–Trinajstić information content (AvgIpc) is 2.81. The molecule has 0 radical (unpaired) electrons. The summed E-state index contributed by atoms with van der Waals surface area (Å²) in [5, 5.41) is 4.72. The monoisotopic (exact) mass is 431 g/mol. The molecule has 1 heterocycles. The number of para-hydroxylation sites is 1. The number of carbonyl (C=O) groups is 1. The molecule has 3 aromatic carbocycles. The molecule has 1 atom stereocenters. The standard InChI is InChI=1S/C25H22ClN3O2/c1-29(2)19-14-12-18(13-15-19)25(30)28-27-16-21-23(26)20-10-6-7-11-22(20)31-24(21)17-8-4-3-5-9-17/h3-16,24H,1-2H3,(H,28,30)/b27-16+/t24-/m0/s1. The van der Waals surface area contributed by atoms with Crippen molar-refractivity contribution in [1.29, 1.82) is 0 Å². The van der Waals surface area contributed by atoms with Crippen LogP contribution in [0.25, 0.3) is 5.03 Å². The minimum atomic E-state index is -0.427. The number of halogens is 1. The first kappa shape index (κ1) is 20.7. The molecule has 4 rings (SSSR count). The number of anilines is 1. The molecule has 5 nitrogen and oxygen atoms in total. The van der Waals surface area contributed by atoms with E-state index in [0.29, 0.717) is 21.9 Å². The Balaban J connectivity index is 1.59. The maximum atomic E-state index is 12.5. The van der Waals surface area contributed by atoms with E-state index < -0.39 is 6.10 Å². The molecule has 3 aromatic rings. The smallest absolute Gasteiger partial charge is 0.271 e. The van der Waals surface area contributed by atoms with Crippen molar-refractivity contribution in [3.63, 3.8) is 0 Å². The fraction of sp³-hybridized carbons (Fsp3) is 0.120. The number of hydrazone groups is 1. The Hall–Kier alpha value is -3.57. The molecule has 0 spiro atoms. The van der Waals surface area contributed by atoms with Gasteiger partial charge in [-0.1, -0.05) is 54.1 Å². The van der Waals surface area contributed by atoms with Gasteiger partial charge in [0.2, 0.25) is 0 Å². The van der Waals surface area contributed by atoms with Crippen LogP contribution in [0.4, 0.5) is 5.69 Å². The van der Waals surface area contributed by atoms with Crippen LogP contribution in [0.1, 0.15) is 27.6 Å². The van der Waals surface area contributed by atoms with E-state index in [1.54, 1.807) is 18.3 Å². The summed E-state index contributed by atoms with van der Waals surface area (Å²) in [5.74, 6) is 0.412. The predicted octanol–water partition coefficient (Wildman–Crippen LogP) is 5.25. The molecule has 1 aliphatic rings. The number of rotatable bonds is 5. The number of fused-ring (bicyclic) bond motifs is 1. The lowest BCUT2D eigenvalue weighted by atomic mass is 9.96. The van der Waals surface area contributed by atoms with E-state index in [4.69, 9.17) is 16.3 Å². The normalized spacial score (nSPS) is 15.4. The molecule has 0 unspecified atom stereocenters. The molecule has 1 amide bonds. The summed E-state index contributed by atoms with van der Waals surface area (Å²) in [6.45, 7) is 0. The second-order valence-corrected chi connectivity index (χ2v) is 7.69. The molecule has 0 aliphatic carbocycles. The molecule has 31 heavy (non-hydrogen) atoms. The topological polar surface area (TPSA) is 53.9 Å². The van der Waals surface area contributed by atoms with Gasteiger partial charge >= 0.3 is 0 Å². The molecule has 0 saturated heterocycles. The van der Waals surface area contributed by atoms with Gasteiger partial charge in [-0.2, -0.15) is 5.10 Å². The molecular formula is C25H22ClN3O2. The van der Waals surface area contributed by atoms with Gasteiger partial charge in [0.25, 0.3) is 5.91 Å². The summed E-state index contributed by atoms with van der Waals surface area (Å²) >= 11 is 6.73. The fourth-order valence-electron chi connectivity index (χ4n) is 3.35. The maximum Gasteiger partial charge on any atom is 0.271 e. The predicted molar refractivity (Wildman–Crippen MR) is 126 cm³/mol. The van der Waals surface area contributed by atoms with Crippen molar-refractivity contribution in [3.8, 4) is 5.75 Å². The number of carbonyl (C=O) groups excluding carboxylic acids is 1. The average molecular weight is 432 g/mol. The highest BCUT2D eigenvalue weighted by Gasteiger charge is 2.28. The lowest BCUT2D eigenvalue weighted by Gasteiger charge is -2.27. The van der Waals surface area contributed by atoms with E-state index in [0.717, 1.165) is 16.8 Å². The zero-order valence-corrected chi connectivity index (χ0v) is 18.0. The van der Waals surface area contributed by atoms with Gasteiger partial charge < -0.3 is 9.64 Å². The van der Waals surface area contributed by atoms with E-state index in [1.165, 1.54) is 0 Å². The van der Waals surface area contributed by atoms with Crippen LogP contribution in [0.3, 0.4) is 0 Å². The molecule has 1 N–H and O–H groups in total. The highest BCUT2D eigenvalue weighted by Crippen LogP contribution is 2.43. The van der Waals surface area contributed by atoms with Crippen molar-refractivity contribution in [2.75, 3.05) is 19.0 Å². The van der Waals surface area contributed by atoms with E-state index in [1.807, 2.05) is 85.7 Å². The number of ether oxygens (including phenoxy) is 1. The minimum Gasteiger partial charge on any atom is -0.480 e. The highest BCUT2D eigenvalue weighted by atomic mass is 35.5. The first-order valence-electron chi connectivity index (χ1n) is 9.86. The second-order valence-electron chi connectivity index (χ2n) is 7.31. The number of nitrogens with one attached hydrogen (secondary N) is 1. The maximum absolute atomic E-state index is 12.5. The third-order valence-corrected chi connectivity index (χ3v) is 5.44. The van der Waals surface area contributed by atoms with Crippen molar-refractivity contribution in [2.24, 2.45) is 5.10 Å². The molecule has 156 valence electrons. The van der Waals surface area contributed by atoms with Crippen molar-refractivity contribution in [2.45, 2.75) is 6.10 Å². The number of amides is 1. The quantitative estimate of drug-likeness (QED) is 0.443. The van der Waals surface area contributed by atoms with Crippen molar-refractivity contribution >= 4 is 34.4 Å². The van der Waals surface area contributed by atoms with Crippen LogP contribution < -0.4 is 15.1 Å². The van der Waals surface area contributed by atoms with Crippen molar-refractivity contribution in [3.05, 3.63) is 101 Å². The Labute approximate surface area is 186 Å². The van der Waals surface area contributed by atoms with Crippen LogP contribution in [0.15, 0.2) is 89.5 Å². The Bertz CT molecular complexity index is 1140. The summed E-state index contributed by atoms with van der Waals surface area (Å²) in [5.41, 5.74) is 6.53. The Morgan fingerprint density at radius 3 is 2.39 bits per heavy atom. The minimum absolute atomic E-state index is 0.299. The summed E-state index contributed by atoms with van der Waals surface area (Å²) in [6, 6.07) is 24.7. The number of hydrogen-bond donors (Lipinski definition) is 1. The van der Waals surface area contributed by atoms with Crippen molar-refractivity contribution in [1.82, 2.24) is 5.43 Å². The molecule has 0 aromatic heterocycles.